The van der Waals surface area contributed by atoms with E-state index in [2.05, 4.69) is 34.1 Å². The average molecular weight is 311 g/mol. The Morgan fingerprint density at radius 1 is 1.14 bits per heavy atom. The molecule has 1 heterocycles. The lowest BCUT2D eigenvalue weighted by atomic mass is 9.95. The molecule has 0 aromatic heterocycles. The summed E-state index contributed by atoms with van der Waals surface area (Å²) in [5.41, 5.74) is 0. The van der Waals surface area contributed by atoms with Crippen molar-refractivity contribution in [2.45, 2.75) is 31.7 Å². The van der Waals surface area contributed by atoms with E-state index in [1.165, 1.54) is 32.2 Å². The van der Waals surface area contributed by atoms with Gasteiger partial charge in [0, 0.05) is 45.3 Å². The van der Waals surface area contributed by atoms with E-state index in [1.807, 2.05) is 0 Å². The lowest BCUT2D eigenvalue weighted by molar-refractivity contribution is 0.167. The molecule has 1 aliphatic heterocycles. The van der Waals surface area contributed by atoms with Crippen molar-refractivity contribution in [1.82, 2.24) is 20.0 Å². The zero-order valence-corrected chi connectivity index (χ0v) is 14.4. The standard InChI is InChI=1S/C16H30N4S/c1-18(2)5-6-19-7-9-20(10-8-19)16(21)17-15-12-13-3-4-14(15)11-13/h13-15H,3-12H2,1-2H3,(H,17,21). The molecule has 3 fully saturated rings. The van der Waals surface area contributed by atoms with E-state index in [-0.39, 0.29) is 0 Å². The normalized spacial score (nSPS) is 32.9. The van der Waals surface area contributed by atoms with Gasteiger partial charge in [-0.25, -0.2) is 0 Å². The third-order valence-corrected chi connectivity index (χ3v) is 5.95. The minimum atomic E-state index is 0.669. The van der Waals surface area contributed by atoms with Gasteiger partial charge in [0.1, 0.15) is 0 Å². The number of rotatable bonds is 4. The van der Waals surface area contributed by atoms with Crippen molar-refractivity contribution in [2.24, 2.45) is 11.8 Å². The van der Waals surface area contributed by atoms with Crippen LogP contribution in [0, 0.1) is 11.8 Å². The minimum absolute atomic E-state index is 0.669. The first-order chi connectivity index (χ1) is 10.1. The highest BCUT2D eigenvalue weighted by molar-refractivity contribution is 7.80. The van der Waals surface area contributed by atoms with Gasteiger partial charge in [0.05, 0.1) is 0 Å². The summed E-state index contributed by atoms with van der Waals surface area (Å²) in [6.07, 6.45) is 5.68. The van der Waals surface area contributed by atoms with Crippen molar-refractivity contribution in [3.63, 3.8) is 0 Å². The van der Waals surface area contributed by atoms with Crippen LogP contribution in [-0.2, 0) is 0 Å². The molecule has 2 aliphatic carbocycles. The summed E-state index contributed by atoms with van der Waals surface area (Å²) >= 11 is 5.66. The number of nitrogens with one attached hydrogen (secondary N) is 1. The molecule has 0 radical (unpaired) electrons. The molecule has 1 N–H and O–H groups in total. The molecular formula is C16H30N4S. The Balaban J connectivity index is 1.39. The van der Waals surface area contributed by atoms with Gasteiger partial charge in [-0.1, -0.05) is 6.42 Å². The topological polar surface area (TPSA) is 21.8 Å². The fourth-order valence-electron chi connectivity index (χ4n) is 4.19. The zero-order valence-electron chi connectivity index (χ0n) is 13.6. The minimum Gasteiger partial charge on any atom is -0.360 e. The predicted octanol–water partition coefficient (Wildman–Crippen LogP) is 1.23. The molecule has 4 nitrogen and oxygen atoms in total. The van der Waals surface area contributed by atoms with Crippen molar-refractivity contribution >= 4 is 17.3 Å². The molecule has 3 rings (SSSR count). The highest BCUT2D eigenvalue weighted by Crippen LogP contribution is 2.44. The maximum atomic E-state index is 5.66. The molecule has 21 heavy (non-hydrogen) atoms. The Kier molecular flexibility index (Phi) is 5.02. The molecule has 0 amide bonds. The van der Waals surface area contributed by atoms with Crippen LogP contribution in [0.15, 0.2) is 0 Å². The van der Waals surface area contributed by atoms with E-state index in [1.54, 1.807) is 0 Å². The van der Waals surface area contributed by atoms with Gasteiger partial charge >= 0.3 is 0 Å². The monoisotopic (exact) mass is 310 g/mol. The van der Waals surface area contributed by atoms with Gasteiger partial charge in [0.15, 0.2) is 5.11 Å². The highest BCUT2D eigenvalue weighted by Gasteiger charge is 2.40. The number of hydrogen-bond donors (Lipinski definition) is 1. The summed E-state index contributed by atoms with van der Waals surface area (Å²) < 4.78 is 0. The molecule has 2 bridgehead atoms. The molecule has 0 aromatic rings. The lowest BCUT2D eigenvalue weighted by Crippen LogP contribution is -2.54. The molecule has 3 unspecified atom stereocenters. The Bertz CT molecular complexity index is 365. The van der Waals surface area contributed by atoms with Gasteiger partial charge in [-0.3, -0.25) is 4.90 Å². The molecule has 3 aliphatic rings. The van der Waals surface area contributed by atoms with E-state index >= 15 is 0 Å². The Morgan fingerprint density at radius 2 is 1.90 bits per heavy atom. The zero-order chi connectivity index (χ0) is 14.8. The molecule has 0 aromatic carbocycles. The summed E-state index contributed by atoms with van der Waals surface area (Å²) in [4.78, 5) is 7.19. The average Bonchev–Trinajstić information content (AvgIpc) is 3.08. The smallest absolute Gasteiger partial charge is 0.169 e. The van der Waals surface area contributed by atoms with E-state index in [0.29, 0.717) is 6.04 Å². The van der Waals surface area contributed by atoms with Crippen LogP contribution in [0.4, 0.5) is 0 Å². The van der Waals surface area contributed by atoms with Crippen LogP contribution in [-0.4, -0.2) is 79.2 Å². The molecule has 1 saturated heterocycles. The third kappa shape index (κ3) is 3.88. The van der Waals surface area contributed by atoms with Crippen molar-refractivity contribution < 1.29 is 0 Å². The summed E-state index contributed by atoms with van der Waals surface area (Å²) in [7, 11) is 4.29. The van der Waals surface area contributed by atoms with Gasteiger partial charge in [-0.2, -0.15) is 0 Å². The molecule has 0 spiro atoms. The van der Waals surface area contributed by atoms with Crippen LogP contribution < -0.4 is 5.32 Å². The summed E-state index contributed by atoms with van der Waals surface area (Å²) in [6.45, 7) is 6.78. The van der Waals surface area contributed by atoms with E-state index in [4.69, 9.17) is 12.2 Å². The van der Waals surface area contributed by atoms with Crippen LogP contribution in [0.3, 0.4) is 0 Å². The van der Waals surface area contributed by atoms with Gasteiger partial charge in [0.25, 0.3) is 0 Å². The van der Waals surface area contributed by atoms with Crippen molar-refractivity contribution in [3.05, 3.63) is 0 Å². The summed E-state index contributed by atoms with van der Waals surface area (Å²) in [6, 6.07) is 0.669. The fourth-order valence-corrected chi connectivity index (χ4v) is 4.52. The van der Waals surface area contributed by atoms with E-state index in [9.17, 15) is 0 Å². The molecule has 3 atom stereocenters. The number of likely N-dealkylation sites (N-methyl/N-ethyl adjacent to an activating group) is 1. The Morgan fingerprint density at radius 3 is 2.48 bits per heavy atom. The number of hydrogen-bond acceptors (Lipinski definition) is 3. The van der Waals surface area contributed by atoms with E-state index in [0.717, 1.165) is 49.7 Å². The highest BCUT2D eigenvalue weighted by atomic mass is 32.1. The Labute approximate surface area is 134 Å². The van der Waals surface area contributed by atoms with Gasteiger partial charge in [-0.05, 0) is 57.4 Å². The second-order valence-corrected chi connectivity index (χ2v) is 7.75. The number of fused-ring (bicyclic) bond motifs is 2. The van der Waals surface area contributed by atoms with Crippen molar-refractivity contribution in [2.75, 3.05) is 53.4 Å². The first-order valence-corrected chi connectivity index (χ1v) is 8.95. The van der Waals surface area contributed by atoms with Crippen LogP contribution in [0.2, 0.25) is 0 Å². The van der Waals surface area contributed by atoms with Crippen LogP contribution >= 0.6 is 12.2 Å². The fraction of sp³-hybridized carbons (Fsp3) is 0.938. The number of nitrogens with zero attached hydrogens (tertiary/aromatic N) is 3. The van der Waals surface area contributed by atoms with Gasteiger partial charge in [0.2, 0.25) is 0 Å². The Hall–Kier alpha value is -0.390. The van der Waals surface area contributed by atoms with E-state index < -0.39 is 0 Å². The maximum absolute atomic E-state index is 5.66. The molecule has 120 valence electrons. The molecule has 2 saturated carbocycles. The first-order valence-electron chi connectivity index (χ1n) is 8.54. The largest absolute Gasteiger partial charge is 0.360 e. The quantitative estimate of drug-likeness (QED) is 0.786. The second kappa shape index (κ2) is 6.80. The molecule has 5 heteroatoms. The first kappa shape index (κ1) is 15.5. The van der Waals surface area contributed by atoms with Crippen LogP contribution in [0.1, 0.15) is 25.7 Å². The SMILES string of the molecule is CN(C)CCN1CCN(C(=S)NC2CC3CCC2C3)CC1. The van der Waals surface area contributed by atoms with Gasteiger partial charge < -0.3 is 15.1 Å². The number of piperazine rings is 1. The number of thiocarbonyl (C=S) groups is 1. The third-order valence-electron chi connectivity index (χ3n) is 5.57. The summed E-state index contributed by atoms with van der Waals surface area (Å²) in [5.74, 6) is 1.88. The maximum Gasteiger partial charge on any atom is 0.169 e. The van der Waals surface area contributed by atoms with Gasteiger partial charge in [-0.15, -0.1) is 0 Å². The van der Waals surface area contributed by atoms with Crippen LogP contribution in [0.25, 0.3) is 0 Å². The van der Waals surface area contributed by atoms with Crippen LogP contribution in [0.5, 0.6) is 0 Å². The predicted molar refractivity (Wildman–Crippen MR) is 91.5 cm³/mol. The summed E-state index contributed by atoms with van der Waals surface area (Å²) in [5, 5.41) is 4.69. The van der Waals surface area contributed by atoms with Crippen molar-refractivity contribution in [3.8, 4) is 0 Å². The van der Waals surface area contributed by atoms with Crippen molar-refractivity contribution in [1.29, 1.82) is 0 Å². The molecular weight excluding hydrogens is 280 g/mol. The second-order valence-electron chi connectivity index (χ2n) is 7.36. The lowest BCUT2D eigenvalue weighted by Gasteiger charge is -2.38.